The Morgan fingerprint density at radius 3 is 2.60 bits per heavy atom. The number of sulfonamides is 1. The van der Waals surface area contributed by atoms with Crippen molar-refractivity contribution in [2.75, 3.05) is 18.5 Å². The Bertz CT molecular complexity index is 892. The second kappa shape index (κ2) is 6.73. The van der Waals surface area contributed by atoms with Crippen molar-refractivity contribution >= 4 is 21.7 Å². The molecule has 134 valence electrons. The number of amides is 1. The lowest BCUT2D eigenvalue weighted by molar-refractivity contribution is -0.117. The zero-order valence-corrected chi connectivity index (χ0v) is 14.4. The van der Waals surface area contributed by atoms with Gasteiger partial charge in [0.1, 0.15) is 19.0 Å². The SMILES string of the molecule is Cc1cc(NC(=O)[C@H](C)NS(=O)(=O)c2ccc3c(c2)OCCO3)no1. The molecule has 1 aliphatic heterocycles. The Hall–Kier alpha value is -2.59. The van der Waals surface area contributed by atoms with Crippen LogP contribution >= 0.6 is 0 Å². The first-order valence-corrected chi connectivity index (χ1v) is 8.99. The summed E-state index contributed by atoms with van der Waals surface area (Å²) >= 11 is 0. The third-order valence-electron chi connectivity index (χ3n) is 3.43. The second-order valence-electron chi connectivity index (χ2n) is 5.46. The summed E-state index contributed by atoms with van der Waals surface area (Å²) in [6.07, 6.45) is 0. The van der Waals surface area contributed by atoms with Gasteiger partial charge in [-0.25, -0.2) is 8.42 Å². The fourth-order valence-electron chi connectivity index (χ4n) is 2.20. The van der Waals surface area contributed by atoms with Crippen LogP contribution in [0.4, 0.5) is 5.82 Å². The molecule has 1 aromatic heterocycles. The van der Waals surface area contributed by atoms with Crippen molar-refractivity contribution in [1.29, 1.82) is 0 Å². The maximum absolute atomic E-state index is 12.5. The van der Waals surface area contributed by atoms with Gasteiger partial charge in [0, 0.05) is 12.1 Å². The van der Waals surface area contributed by atoms with Gasteiger partial charge in [0.2, 0.25) is 15.9 Å². The second-order valence-corrected chi connectivity index (χ2v) is 7.17. The number of rotatable bonds is 5. The first-order valence-electron chi connectivity index (χ1n) is 7.51. The molecule has 0 spiro atoms. The summed E-state index contributed by atoms with van der Waals surface area (Å²) in [5.74, 6) is 1.02. The van der Waals surface area contributed by atoms with E-state index in [0.717, 1.165) is 0 Å². The first-order chi connectivity index (χ1) is 11.8. The first kappa shape index (κ1) is 17.2. The molecule has 1 aromatic carbocycles. The maximum Gasteiger partial charge on any atom is 0.243 e. The summed E-state index contributed by atoms with van der Waals surface area (Å²) in [6, 6.07) is 4.78. The Balaban J connectivity index is 1.71. The highest BCUT2D eigenvalue weighted by Gasteiger charge is 2.24. The number of carbonyl (C=O) groups is 1. The van der Waals surface area contributed by atoms with Crippen LogP contribution in [0.25, 0.3) is 0 Å². The van der Waals surface area contributed by atoms with Crippen LogP contribution in [0.2, 0.25) is 0 Å². The van der Waals surface area contributed by atoms with Crippen LogP contribution < -0.4 is 19.5 Å². The highest BCUT2D eigenvalue weighted by atomic mass is 32.2. The van der Waals surface area contributed by atoms with E-state index in [0.29, 0.717) is 30.5 Å². The quantitative estimate of drug-likeness (QED) is 0.811. The number of hydrogen-bond acceptors (Lipinski definition) is 7. The van der Waals surface area contributed by atoms with Gasteiger partial charge in [-0.3, -0.25) is 4.79 Å². The fourth-order valence-corrected chi connectivity index (χ4v) is 3.42. The molecule has 1 atom stereocenters. The van der Waals surface area contributed by atoms with Crippen LogP contribution in [0.15, 0.2) is 33.7 Å². The van der Waals surface area contributed by atoms with E-state index in [2.05, 4.69) is 15.2 Å². The average molecular weight is 367 g/mol. The van der Waals surface area contributed by atoms with Gasteiger partial charge in [0.05, 0.1) is 10.9 Å². The van der Waals surface area contributed by atoms with E-state index in [9.17, 15) is 13.2 Å². The molecule has 0 unspecified atom stereocenters. The smallest absolute Gasteiger partial charge is 0.243 e. The average Bonchev–Trinajstić information content (AvgIpc) is 2.98. The minimum atomic E-state index is -3.92. The predicted octanol–water partition coefficient (Wildman–Crippen LogP) is 1.06. The largest absolute Gasteiger partial charge is 0.486 e. The molecule has 25 heavy (non-hydrogen) atoms. The molecule has 0 radical (unpaired) electrons. The van der Waals surface area contributed by atoms with E-state index in [1.54, 1.807) is 6.92 Å². The van der Waals surface area contributed by atoms with Crippen LogP contribution in [0.3, 0.4) is 0 Å². The van der Waals surface area contributed by atoms with Crippen molar-refractivity contribution in [2.45, 2.75) is 24.8 Å². The van der Waals surface area contributed by atoms with E-state index in [4.69, 9.17) is 14.0 Å². The summed E-state index contributed by atoms with van der Waals surface area (Å²) in [5, 5.41) is 6.10. The minimum Gasteiger partial charge on any atom is -0.486 e. The summed E-state index contributed by atoms with van der Waals surface area (Å²) in [5.41, 5.74) is 0. The molecule has 1 aliphatic rings. The Morgan fingerprint density at radius 1 is 1.20 bits per heavy atom. The number of fused-ring (bicyclic) bond motifs is 1. The molecule has 2 heterocycles. The summed E-state index contributed by atoms with van der Waals surface area (Å²) in [4.78, 5) is 12.1. The standard InChI is InChI=1S/C15H17N3O6S/c1-9-7-14(17-24-9)16-15(19)10(2)18-25(20,21)11-3-4-12-13(8-11)23-6-5-22-12/h3-4,7-8,10,18H,5-6H2,1-2H3,(H,16,17,19)/t10-/m0/s1. The molecule has 9 nitrogen and oxygen atoms in total. The Kier molecular flexibility index (Phi) is 4.64. The van der Waals surface area contributed by atoms with Crippen LogP contribution in [0.1, 0.15) is 12.7 Å². The zero-order valence-electron chi connectivity index (χ0n) is 13.6. The molecule has 0 saturated carbocycles. The fraction of sp³-hybridized carbons (Fsp3) is 0.333. The Labute approximate surface area is 144 Å². The van der Waals surface area contributed by atoms with Gasteiger partial charge in [-0.2, -0.15) is 4.72 Å². The summed E-state index contributed by atoms with van der Waals surface area (Å²) in [6.45, 7) is 3.87. The topological polar surface area (TPSA) is 120 Å². The number of hydrogen-bond donors (Lipinski definition) is 2. The van der Waals surface area contributed by atoms with Gasteiger partial charge >= 0.3 is 0 Å². The molecular weight excluding hydrogens is 350 g/mol. The van der Waals surface area contributed by atoms with Crippen molar-refractivity contribution in [3.63, 3.8) is 0 Å². The van der Waals surface area contributed by atoms with Crippen LogP contribution in [-0.2, 0) is 14.8 Å². The molecule has 3 rings (SSSR count). The lowest BCUT2D eigenvalue weighted by Gasteiger charge is -2.19. The van der Waals surface area contributed by atoms with Gasteiger partial charge in [0.25, 0.3) is 0 Å². The van der Waals surface area contributed by atoms with Crippen molar-refractivity contribution in [3.05, 3.63) is 30.0 Å². The third-order valence-corrected chi connectivity index (χ3v) is 4.97. The number of ether oxygens (including phenoxy) is 2. The predicted molar refractivity (Wildman–Crippen MR) is 87.1 cm³/mol. The molecule has 0 saturated heterocycles. The van der Waals surface area contributed by atoms with E-state index in [1.165, 1.54) is 31.2 Å². The molecule has 2 N–H and O–H groups in total. The van der Waals surface area contributed by atoms with Crippen molar-refractivity contribution in [3.8, 4) is 11.5 Å². The number of anilines is 1. The van der Waals surface area contributed by atoms with Crippen LogP contribution in [0.5, 0.6) is 11.5 Å². The molecule has 1 amide bonds. The van der Waals surface area contributed by atoms with Crippen LogP contribution in [-0.4, -0.2) is 38.7 Å². The molecule has 0 fully saturated rings. The number of aryl methyl sites for hydroxylation is 1. The number of benzene rings is 1. The number of nitrogens with zero attached hydrogens (tertiary/aromatic N) is 1. The highest BCUT2D eigenvalue weighted by molar-refractivity contribution is 7.89. The van der Waals surface area contributed by atoms with Gasteiger partial charge in [-0.15, -0.1) is 0 Å². The third kappa shape index (κ3) is 3.91. The molecule has 10 heteroatoms. The lowest BCUT2D eigenvalue weighted by atomic mass is 10.3. The van der Waals surface area contributed by atoms with Crippen molar-refractivity contribution < 1.29 is 27.2 Å². The van der Waals surface area contributed by atoms with Crippen molar-refractivity contribution in [1.82, 2.24) is 9.88 Å². The minimum absolute atomic E-state index is 0.0197. The van der Waals surface area contributed by atoms with Gasteiger partial charge < -0.3 is 19.3 Å². The highest BCUT2D eigenvalue weighted by Crippen LogP contribution is 2.32. The van der Waals surface area contributed by atoms with E-state index >= 15 is 0 Å². The monoisotopic (exact) mass is 367 g/mol. The molecule has 0 aliphatic carbocycles. The van der Waals surface area contributed by atoms with Crippen molar-refractivity contribution in [2.24, 2.45) is 0 Å². The lowest BCUT2D eigenvalue weighted by Crippen LogP contribution is -2.41. The van der Waals surface area contributed by atoms with E-state index in [-0.39, 0.29) is 10.7 Å². The number of aromatic nitrogens is 1. The molecule has 2 aromatic rings. The normalized spacial score (nSPS) is 14.8. The van der Waals surface area contributed by atoms with Gasteiger partial charge in [0.15, 0.2) is 17.3 Å². The van der Waals surface area contributed by atoms with Crippen LogP contribution in [0, 0.1) is 6.92 Å². The number of carbonyl (C=O) groups excluding carboxylic acids is 1. The molecular formula is C15H17N3O6S. The summed E-state index contributed by atoms with van der Waals surface area (Å²) in [7, 11) is -3.92. The maximum atomic E-state index is 12.5. The zero-order chi connectivity index (χ0) is 18.0. The molecule has 0 bridgehead atoms. The number of nitrogens with one attached hydrogen (secondary N) is 2. The van der Waals surface area contributed by atoms with E-state index in [1.807, 2.05) is 0 Å². The summed E-state index contributed by atoms with van der Waals surface area (Å²) < 4.78 is 42.8. The Morgan fingerprint density at radius 2 is 1.92 bits per heavy atom. The van der Waals surface area contributed by atoms with E-state index < -0.39 is 22.0 Å². The van der Waals surface area contributed by atoms with Gasteiger partial charge in [-0.1, -0.05) is 5.16 Å². The van der Waals surface area contributed by atoms with Gasteiger partial charge in [-0.05, 0) is 26.0 Å².